The van der Waals surface area contributed by atoms with E-state index < -0.39 is 0 Å². The Morgan fingerprint density at radius 3 is 2.81 bits per heavy atom. The number of hydrogen-bond acceptors (Lipinski definition) is 4. The van der Waals surface area contributed by atoms with Crippen LogP contribution in [0.15, 0.2) is 42.5 Å². The first-order valence-electron chi connectivity index (χ1n) is 6.53. The van der Waals surface area contributed by atoms with E-state index in [0.717, 1.165) is 26.4 Å². The molecule has 106 valence electrons. The number of carbonyl (C=O) groups is 1. The van der Waals surface area contributed by atoms with Crippen LogP contribution < -0.4 is 10.3 Å². The molecule has 0 atom stereocenters. The molecule has 1 N–H and O–H groups in total. The van der Waals surface area contributed by atoms with Crippen molar-refractivity contribution in [1.29, 1.82) is 0 Å². The largest absolute Gasteiger partial charge is 0.379 e. The summed E-state index contributed by atoms with van der Waals surface area (Å²) in [5.41, 5.74) is 5.32. The van der Waals surface area contributed by atoms with E-state index >= 15 is 0 Å². The number of para-hydroxylation sites is 1. The summed E-state index contributed by atoms with van der Waals surface area (Å²) < 4.78 is 1.12. The van der Waals surface area contributed by atoms with E-state index in [0.29, 0.717) is 5.75 Å². The molecule has 0 aliphatic rings. The van der Waals surface area contributed by atoms with Crippen molar-refractivity contribution < 1.29 is 9.63 Å². The predicted octanol–water partition coefficient (Wildman–Crippen LogP) is 3.70. The summed E-state index contributed by atoms with van der Waals surface area (Å²) in [7, 11) is 0. The second-order valence-corrected chi connectivity index (χ2v) is 5.78. The fourth-order valence-electron chi connectivity index (χ4n) is 2.01. The Hall–Kier alpha value is -2.40. The first-order chi connectivity index (χ1) is 10.1. The maximum Gasteiger partial charge on any atom is 0.249 e. The summed E-state index contributed by atoms with van der Waals surface area (Å²) in [4.78, 5) is 21.0. The molecule has 0 unspecified atom stereocenters. The molecule has 4 nitrogen and oxygen atoms in total. The molecular formula is C16H14N2O2S. The van der Waals surface area contributed by atoms with Gasteiger partial charge in [0.1, 0.15) is 5.01 Å². The van der Waals surface area contributed by atoms with Gasteiger partial charge in [-0.15, -0.1) is 11.3 Å². The van der Waals surface area contributed by atoms with Gasteiger partial charge in [-0.3, -0.25) is 4.79 Å². The van der Waals surface area contributed by atoms with Gasteiger partial charge in [0.25, 0.3) is 0 Å². The molecule has 3 aromatic rings. The molecule has 3 rings (SSSR count). The zero-order valence-corrected chi connectivity index (χ0v) is 12.5. The Morgan fingerprint density at radius 2 is 2.05 bits per heavy atom. The van der Waals surface area contributed by atoms with E-state index in [1.165, 1.54) is 6.92 Å². The third-order valence-electron chi connectivity index (χ3n) is 2.96. The van der Waals surface area contributed by atoms with Crippen LogP contribution in [0.3, 0.4) is 0 Å². The van der Waals surface area contributed by atoms with Crippen LogP contribution in [-0.2, 0) is 4.79 Å². The van der Waals surface area contributed by atoms with E-state index in [1.807, 2.05) is 49.4 Å². The molecule has 0 bridgehead atoms. The number of nitrogens with one attached hydrogen (secondary N) is 1. The fraction of sp³-hybridized carbons (Fsp3) is 0.125. The quantitative estimate of drug-likeness (QED) is 0.750. The summed E-state index contributed by atoms with van der Waals surface area (Å²) in [5.74, 6) is 0.348. The highest BCUT2D eigenvalue weighted by atomic mass is 32.1. The minimum Gasteiger partial charge on any atom is -0.379 e. The summed E-state index contributed by atoms with van der Waals surface area (Å²) in [5, 5.41) is 0.875. The van der Waals surface area contributed by atoms with Gasteiger partial charge in [-0.05, 0) is 31.2 Å². The molecule has 0 fully saturated rings. The topological polar surface area (TPSA) is 51.2 Å². The summed E-state index contributed by atoms with van der Waals surface area (Å²) in [6.07, 6.45) is 0. The van der Waals surface area contributed by atoms with Gasteiger partial charge in [0.05, 0.1) is 15.8 Å². The van der Waals surface area contributed by atoms with Gasteiger partial charge in [0, 0.05) is 6.92 Å². The van der Waals surface area contributed by atoms with Crippen molar-refractivity contribution >= 4 is 27.5 Å². The molecule has 0 spiro atoms. The standard InChI is InChI=1S/C16H14N2O2S/c1-10-7-8-14(20-18-11(2)19)12(9-10)16-17-13-5-3-4-6-15(13)21-16/h3-9H,1-2H3,(H,18,19). The smallest absolute Gasteiger partial charge is 0.249 e. The lowest BCUT2D eigenvalue weighted by atomic mass is 10.1. The van der Waals surface area contributed by atoms with Crippen LogP contribution in [0.1, 0.15) is 12.5 Å². The molecule has 0 aliphatic carbocycles. The second-order valence-electron chi connectivity index (χ2n) is 4.75. The molecule has 2 aromatic carbocycles. The van der Waals surface area contributed by atoms with Crippen molar-refractivity contribution in [2.75, 3.05) is 0 Å². The molecule has 0 saturated carbocycles. The van der Waals surface area contributed by atoms with Crippen LogP contribution >= 0.6 is 11.3 Å². The number of fused-ring (bicyclic) bond motifs is 1. The van der Waals surface area contributed by atoms with Crippen LogP contribution in [0.5, 0.6) is 5.75 Å². The number of benzene rings is 2. The third kappa shape index (κ3) is 2.87. The van der Waals surface area contributed by atoms with Crippen molar-refractivity contribution in [2.24, 2.45) is 0 Å². The van der Waals surface area contributed by atoms with E-state index in [9.17, 15) is 4.79 Å². The van der Waals surface area contributed by atoms with E-state index in [-0.39, 0.29) is 5.91 Å². The lowest BCUT2D eigenvalue weighted by Crippen LogP contribution is -2.24. The van der Waals surface area contributed by atoms with E-state index in [1.54, 1.807) is 11.3 Å². The first kappa shape index (κ1) is 13.6. The molecule has 1 heterocycles. The lowest BCUT2D eigenvalue weighted by molar-refractivity contribution is -0.125. The van der Waals surface area contributed by atoms with Crippen LogP contribution in [0.4, 0.5) is 0 Å². The number of carbonyl (C=O) groups excluding carboxylic acids is 1. The maximum absolute atomic E-state index is 11.0. The number of hydrogen-bond donors (Lipinski definition) is 1. The molecule has 0 saturated heterocycles. The maximum atomic E-state index is 11.0. The van der Waals surface area contributed by atoms with Crippen molar-refractivity contribution in [3.05, 3.63) is 48.0 Å². The number of aromatic nitrogens is 1. The number of rotatable bonds is 3. The molecule has 5 heteroatoms. The van der Waals surface area contributed by atoms with Crippen molar-refractivity contribution in [1.82, 2.24) is 10.5 Å². The Balaban J connectivity index is 2.06. The summed E-state index contributed by atoms with van der Waals surface area (Å²) in [6, 6.07) is 13.8. The number of thiazole rings is 1. The predicted molar refractivity (Wildman–Crippen MR) is 84.2 cm³/mol. The highest BCUT2D eigenvalue weighted by Crippen LogP contribution is 2.36. The molecule has 0 aliphatic heterocycles. The van der Waals surface area contributed by atoms with Crippen molar-refractivity contribution in [3.8, 4) is 16.3 Å². The molecule has 0 radical (unpaired) electrons. The Kier molecular flexibility index (Phi) is 3.58. The highest BCUT2D eigenvalue weighted by Gasteiger charge is 2.12. The van der Waals surface area contributed by atoms with Gasteiger partial charge in [-0.1, -0.05) is 23.8 Å². The number of amides is 1. The SMILES string of the molecule is CC(=O)NOc1ccc(C)cc1-c1nc2ccccc2s1. The molecule has 21 heavy (non-hydrogen) atoms. The molecular weight excluding hydrogens is 284 g/mol. The van der Waals surface area contributed by atoms with Gasteiger partial charge >= 0.3 is 0 Å². The van der Waals surface area contributed by atoms with E-state index in [4.69, 9.17) is 4.84 Å². The molecule has 1 amide bonds. The lowest BCUT2D eigenvalue weighted by Gasteiger charge is -2.09. The van der Waals surface area contributed by atoms with Crippen LogP contribution in [0.2, 0.25) is 0 Å². The average molecular weight is 298 g/mol. The van der Waals surface area contributed by atoms with Crippen LogP contribution in [-0.4, -0.2) is 10.9 Å². The monoisotopic (exact) mass is 298 g/mol. The number of hydroxylamine groups is 1. The average Bonchev–Trinajstić information content (AvgIpc) is 2.89. The minimum atomic E-state index is -0.245. The Labute approximate surface area is 126 Å². The third-order valence-corrected chi connectivity index (χ3v) is 4.03. The van der Waals surface area contributed by atoms with Gasteiger partial charge in [-0.25, -0.2) is 4.98 Å². The van der Waals surface area contributed by atoms with Gasteiger partial charge in [0.2, 0.25) is 5.91 Å². The summed E-state index contributed by atoms with van der Waals surface area (Å²) >= 11 is 1.60. The Morgan fingerprint density at radius 1 is 1.24 bits per heavy atom. The summed E-state index contributed by atoms with van der Waals surface area (Å²) in [6.45, 7) is 3.42. The highest BCUT2D eigenvalue weighted by molar-refractivity contribution is 7.21. The second kappa shape index (κ2) is 5.54. The van der Waals surface area contributed by atoms with Gasteiger partial charge in [-0.2, -0.15) is 5.48 Å². The van der Waals surface area contributed by atoms with Crippen LogP contribution in [0.25, 0.3) is 20.8 Å². The number of nitrogens with zero attached hydrogens (tertiary/aromatic N) is 1. The molecule has 1 aromatic heterocycles. The zero-order valence-electron chi connectivity index (χ0n) is 11.7. The Bertz CT molecular complexity index is 778. The normalized spacial score (nSPS) is 10.6. The van der Waals surface area contributed by atoms with Crippen molar-refractivity contribution in [3.63, 3.8) is 0 Å². The first-order valence-corrected chi connectivity index (χ1v) is 7.35. The zero-order chi connectivity index (χ0) is 14.8. The number of aryl methyl sites for hydroxylation is 1. The van der Waals surface area contributed by atoms with Gasteiger partial charge < -0.3 is 4.84 Å². The van der Waals surface area contributed by atoms with Crippen LogP contribution in [0, 0.1) is 6.92 Å². The minimum absolute atomic E-state index is 0.245. The van der Waals surface area contributed by atoms with E-state index in [2.05, 4.69) is 10.5 Å². The fourth-order valence-corrected chi connectivity index (χ4v) is 3.00. The van der Waals surface area contributed by atoms with Crippen molar-refractivity contribution in [2.45, 2.75) is 13.8 Å². The van der Waals surface area contributed by atoms with Gasteiger partial charge in [0.15, 0.2) is 5.75 Å².